The molecular weight excluding hydrogens is 335 g/mol. The van der Waals surface area contributed by atoms with Gasteiger partial charge in [0.1, 0.15) is 11.6 Å². The molecule has 1 unspecified atom stereocenters. The molecule has 7 heteroatoms. The van der Waals surface area contributed by atoms with Crippen molar-refractivity contribution >= 4 is 34.8 Å². The second-order valence-corrected chi connectivity index (χ2v) is 5.78. The van der Waals surface area contributed by atoms with Crippen molar-refractivity contribution in [2.24, 2.45) is 0 Å². The van der Waals surface area contributed by atoms with Gasteiger partial charge in [0.15, 0.2) is 0 Å². The van der Waals surface area contributed by atoms with Gasteiger partial charge in [-0.1, -0.05) is 17.7 Å². The van der Waals surface area contributed by atoms with Crippen LogP contribution >= 0.6 is 11.6 Å². The van der Waals surface area contributed by atoms with Gasteiger partial charge in [-0.2, -0.15) is 0 Å². The summed E-state index contributed by atoms with van der Waals surface area (Å²) in [5, 5.41) is 5.60. The summed E-state index contributed by atoms with van der Waals surface area (Å²) in [6, 6.07) is 8.83. The number of halogens is 2. The zero-order valence-corrected chi connectivity index (χ0v) is 13.5. The average molecular weight is 349 g/mol. The summed E-state index contributed by atoms with van der Waals surface area (Å²) in [7, 11) is 1.51. The molecule has 0 radical (unpaired) electrons. The number of anilines is 2. The Hall–Kier alpha value is -2.60. The first kappa shape index (κ1) is 16.3. The molecule has 2 aromatic rings. The second kappa shape index (κ2) is 6.49. The van der Waals surface area contributed by atoms with Crippen molar-refractivity contribution in [1.82, 2.24) is 0 Å². The predicted molar refractivity (Wildman–Crippen MR) is 89.0 cm³/mol. The van der Waals surface area contributed by atoms with E-state index in [9.17, 15) is 14.0 Å². The molecule has 0 fully saturated rings. The lowest BCUT2D eigenvalue weighted by Crippen LogP contribution is -2.31. The third-order valence-electron chi connectivity index (χ3n) is 3.80. The fourth-order valence-electron chi connectivity index (χ4n) is 2.62. The zero-order chi connectivity index (χ0) is 17.3. The van der Waals surface area contributed by atoms with Crippen LogP contribution in [0.2, 0.25) is 5.02 Å². The molecule has 0 aromatic heterocycles. The molecule has 0 spiro atoms. The van der Waals surface area contributed by atoms with Crippen LogP contribution in [0.5, 0.6) is 5.75 Å². The van der Waals surface area contributed by atoms with Crippen molar-refractivity contribution in [3.05, 3.63) is 52.8 Å². The summed E-state index contributed by atoms with van der Waals surface area (Å²) in [5.74, 6) is -1.35. The lowest BCUT2D eigenvalue weighted by atomic mass is 9.89. The van der Waals surface area contributed by atoms with Gasteiger partial charge in [0.2, 0.25) is 11.8 Å². The lowest BCUT2D eigenvalue weighted by Gasteiger charge is -2.25. The van der Waals surface area contributed by atoms with Crippen molar-refractivity contribution in [2.75, 3.05) is 17.7 Å². The van der Waals surface area contributed by atoms with E-state index in [1.165, 1.54) is 25.3 Å². The highest BCUT2D eigenvalue weighted by atomic mass is 35.5. The number of hydrogen-bond donors (Lipinski definition) is 2. The van der Waals surface area contributed by atoms with E-state index >= 15 is 0 Å². The van der Waals surface area contributed by atoms with E-state index in [-0.39, 0.29) is 18.2 Å². The first-order chi connectivity index (χ1) is 11.5. The number of benzene rings is 2. The lowest BCUT2D eigenvalue weighted by molar-refractivity contribution is -0.123. The van der Waals surface area contributed by atoms with Gasteiger partial charge in [-0.15, -0.1) is 0 Å². The number of rotatable bonds is 3. The highest BCUT2D eigenvalue weighted by Crippen LogP contribution is 2.34. The Bertz CT molecular complexity index is 825. The quantitative estimate of drug-likeness (QED) is 0.891. The van der Waals surface area contributed by atoms with Crippen molar-refractivity contribution in [1.29, 1.82) is 0 Å². The Morgan fingerprint density at radius 1 is 1.33 bits per heavy atom. The van der Waals surface area contributed by atoms with Crippen molar-refractivity contribution in [3.63, 3.8) is 0 Å². The normalized spacial score (nSPS) is 16.1. The monoisotopic (exact) mass is 348 g/mol. The third-order valence-corrected chi connectivity index (χ3v) is 4.12. The largest absolute Gasteiger partial charge is 0.497 e. The van der Waals surface area contributed by atoms with Gasteiger partial charge >= 0.3 is 0 Å². The zero-order valence-electron chi connectivity index (χ0n) is 12.7. The Labute approximate surface area is 142 Å². The number of fused-ring (bicyclic) bond motifs is 1. The van der Waals surface area contributed by atoms with Crippen LogP contribution in [0, 0.1) is 5.82 Å². The van der Waals surface area contributed by atoms with Crippen LogP contribution in [0.3, 0.4) is 0 Å². The maximum Gasteiger partial charge on any atom is 0.232 e. The molecule has 2 aromatic carbocycles. The number of methoxy groups -OCH3 is 1. The first-order valence-corrected chi connectivity index (χ1v) is 7.59. The summed E-state index contributed by atoms with van der Waals surface area (Å²) in [5.41, 5.74) is 1.29. The van der Waals surface area contributed by atoms with E-state index in [1.54, 1.807) is 18.2 Å². The van der Waals surface area contributed by atoms with E-state index < -0.39 is 11.7 Å². The molecule has 124 valence electrons. The predicted octanol–water partition coefficient (Wildman–Crippen LogP) is 3.55. The van der Waals surface area contributed by atoms with E-state index in [1.807, 2.05) is 0 Å². The van der Waals surface area contributed by atoms with Crippen LogP contribution in [-0.2, 0) is 9.59 Å². The molecule has 0 saturated heterocycles. The van der Waals surface area contributed by atoms with Crippen molar-refractivity contribution in [3.8, 4) is 5.75 Å². The average Bonchev–Trinajstić information content (AvgIpc) is 2.55. The smallest absolute Gasteiger partial charge is 0.232 e. The maximum absolute atomic E-state index is 13.3. The molecule has 0 aliphatic carbocycles. The highest BCUT2D eigenvalue weighted by molar-refractivity contribution is 6.34. The number of carbonyl (C=O) groups excluding carboxylic acids is 2. The fourth-order valence-corrected chi connectivity index (χ4v) is 2.83. The van der Waals surface area contributed by atoms with Crippen molar-refractivity contribution < 1.29 is 18.7 Å². The Balaban J connectivity index is 1.87. The van der Waals surface area contributed by atoms with Crippen LogP contribution < -0.4 is 15.4 Å². The van der Waals surface area contributed by atoms with Gasteiger partial charge in [0.05, 0.1) is 23.7 Å². The fraction of sp³-hybridized carbons (Fsp3) is 0.176. The number of hydrogen-bond acceptors (Lipinski definition) is 3. The summed E-state index contributed by atoms with van der Waals surface area (Å²) in [6.45, 7) is 0. The molecule has 0 saturated carbocycles. The molecular formula is C17H14ClFN2O3. The van der Waals surface area contributed by atoms with Crippen molar-refractivity contribution in [2.45, 2.75) is 12.3 Å². The Morgan fingerprint density at radius 3 is 2.83 bits per heavy atom. The van der Waals surface area contributed by atoms with Crippen LogP contribution in [0.4, 0.5) is 15.8 Å². The molecule has 1 aliphatic heterocycles. The molecule has 0 bridgehead atoms. The standard InChI is InChI=1S/C17H14ClFN2O3/c1-24-10-3-5-14(13(18)7-10)21-17(23)12-8-16(22)20-15-6-9(19)2-4-11(12)15/h2-7,12H,8H2,1H3,(H,20,22)(H,21,23). The number of amides is 2. The van der Waals surface area contributed by atoms with Crippen LogP contribution in [0.15, 0.2) is 36.4 Å². The molecule has 1 atom stereocenters. The van der Waals surface area contributed by atoms with E-state index in [4.69, 9.17) is 16.3 Å². The van der Waals surface area contributed by atoms with Gasteiger partial charge in [0, 0.05) is 18.2 Å². The van der Waals surface area contributed by atoms with Gasteiger partial charge in [-0.25, -0.2) is 4.39 Å². The summed E-state index contributed by atoms with van der Waals surface area (Å²) in [6.07, 6.45) is -0.0156. The number of nitrogens with one attached hydrogen (secondary N) is 2. The Kier molecular flexibility index (Phi) is 4.40. The van der Waals surface area contributed by atoms with Gasteiger partial charge in [0.25, 0.3) is 0 Å². The molecule has 2 amide bonds. The van der Waals surface area contributed by atoms with Gasteiger partial charge < -0.3 is 15.4 Å². The topological polar surface area (TPSA) is 67.4 Å². The number of ether oxygens (including phenoxy) is 1. The highest BCUT2D eigenvalue weighted by Gasteiger charge is 2.31. The van der Waals surface area contributed by atoms with Crippen LogP contribution in [-0.4, -0.2) is 18.9 Å². The molecule has 1 heterocycles. The molecule has 24 heavy (non-hydrogen) atoms. The molecule has 2 N–H and O–H groups in total. The molecule has 3 rings (SSSR count). The van der Waals surface area contributed by atoms with Gasteiger partial charge in [-0.05, 0) is 29.8 Å². The van der Waals surface area contributed by atoms with Crippen LogP contribution in [0.25, 0.3) is 0 Å². The van der Waals surface area contributed by atoms with E-state index in [0.29, 0.717) is 27.7 Å². The van der Waals surface area contributed by atoms with E-state index in [0.717, 1.165) is 0 Å². The third kappa shape index (κ3) is 3.19. The maximum atomic E-state index is 13.3. The number of carbonyl (C=O) groups is 2. The van der Waals surface area contributed by atoms with E-state index in [2.05, 4.69) is 10.6 Å². The SMILES string of the molecule is COc1ccc(NC(=O)C2CC(=O)Nc3cc(F)ccc32)c(Cl)c1. The minimum atomic E-state index is -0.715. The molecule has 5 nitrogen and oxygen atoms in total. The first-order valence-electron chi connectivity index (χ1n) is 7.21. The minimum Gasteiger partial charge on any atom is -0.497 e. The summed E-state index contributed by atoms with van der Waals surface area (Å²) in [4.78, 5) is 24.4. The minimum absolute atomic E-state index is 0.0156. The summed E-state index contributed by atoms with van der Waals surface area (Å²) < 4.78 is 18.4. The summed E-state index contributed by atoms with van der Waals surface area (Å²) >= 11 is 6.12. The second-order valence-electron chi connectivity index (χ2n) is 5.37. The van der Waals surface area contributed by atoms with Crippen LogP contribution in [0.1, 0.15) is 17.9 Å². The van der Waals surface area contributed by atoms with Gasteiger partial charge in [-0.3, -0.25) is 9.59 Å². The Morgan fingerprint density at radius 2 is 2.12 bits per heavy atom. The molecule has 1 aliphatic rings.